The van der Waals surface area contributed by atoms with E-state index in [0.29, 0.717) is 0 Å². The van der Waals surface area contributed by atoms with Crippen LogP contribution in [0.15, 0.2) is 85.2 Å². The van der Waals surface area contributed by atoms with Crippen molar-refractivity contribution in [2.24, 2.45) is 0 Å². The fourth-order valence-corrected chi connectivity index (χ4v) is 5.81. The first-order chi connectivity index (χ1) is 19.1. The molecule has 3 aromatic carbocycles. The van der Waals surface area contributed by atoms with Crippen molar-refractivity contribution in [3.8, 4) is 39.8 Å². The molecule has 0 fully saturated rings. The average Bonchev–Trinajstić information content (AvgIpc) is 3.00. The molecule has 39 heavy (non-hydrogen) atoms. The van der Waals surface area contributed by atoms with Crippen molar-refractivity contribution in [1.29, 1.82) is 5.26 Å². The fraction of sp³-hybridized carbons (Fsp3) is 0.286. The Bertz CT molecular complexity index is 1510. The largest absolute Gasteiger partial charge is 0.457 e. The number of benzene rings is 3. The van der Waals surface area contributed by atoms with Gasteiger partial charge in [-0.05, 0) is 83.6 Å². The maximum absolute atomic E-state index is 9.29. The summed E-state index contributed by atoms with van der Waals surface area (Å²) < 4.78 is 6.57. The molecule has 2 heterocycles. The van der Waals surface area contributed by atoms with Crippen LogP contribution in [0.2, 0.25) is 0 Å². The highest BCUT2D eigenvalue weighted by molar-refractivity contribution is 5.72. The van der Waals surface area contributed by atoms with Gasteiger partial charge in [0, 0.05) is 34.5 Å². The molecule has 4 nitrogen and oxygen atoms in total. The van der Waals surface area contributed by atoms with Gasteiger partial charge in [-0.2, -0.15) is 5.26 Å². The van der Waals surface area contributed by atoms with E-state index in [1.165, 1.54) is 16.7 Å². The summed E-state index contributed by atoms with van der Waals surface area (Å²) in [6.07, 6.45) is 10.3. The van der Waals surface area contributed by atoms with E-state index in [-0.39, 0.29) is 5.41 Å². The SMILES string of the molecule is [C-]#[N+]C(C#N)c1ccc(-c2ccc3c(c2)C(CCCC)(CCCC)c2cc(-c4ccncc4)ccc2O3)cc1. The number of ether oxygens (including phenoxy) is 1. The molecule has 194 valence electrons. The Morgan fingerprint density at radius 3 is 1.79 bits per heavy atom. The van der Waals surface area contributed by atoms with Gasteiger partial charge in [-0.25, -0.2) is 6.57 Å². The van der Waals surface area contributed by atoms with E-state index in [4.69, 9.17) is 11.3 Å². The van der Waals surface area contributed by atoms with Crippen molar-refractivity contribution in [3.05, 3.63) is 113 Å². The molecule has 1 unspecified atom stereocenters. The molecular weight excluding hydrogens is 478 g/mol. The molecule has 4 aromatic rings. The fourth-order valence-electron chi connectivity index (χ4n) is 5.81. The number of hydrogen-bond donors (Lipinski definition) is 0. The van der Waals surface area contributed by atoms with Gasteiger partial charge in [0.2, 0.25) is 0 Å². The summed E-state index contributed by atoms with van der Waals surface area (Å²) in [5.74, 6) is 1.88. The Hall–Kier alpha value is -4.41. The first-order valence-corrected chi connectivity index (χ1v) is 13.9. The third-order valence-corrected chi connectivity index (χ3v) is 7.95. The van der Waals surface area contributed by atoms with Crippen LogP contribution in [0.5, 0.6) is 11.5 Å². The zero-order valence-electron chi connectivity index (χ0n) is 22.7. The van der Waals surface area contributed by atoms with E-state index in [2.05, 4.69) is 78.3 Å². The van der Waals surface area contributed by atoms with Gasteiger partial charge in [-0.3, -0.25) is 9.83 Å². The second kappa shape index (κ2) is 11.5. The van der Waals surface area contributed by atoms with Gasteiger partial charge >= 0.3 is 6.04 Å². The van der Waals surface area contributed by atoms with Crippen LogP contribution in [0.1, 0.15) is 75.1 Å². The van der Waals surface area contributed by atoms with Gasteiger partial charge in [0.15, 0.2) is 6.07 Å². The van der Waals surface area contributed by atoms with Crippen molar-refractivity contribution in [2.45, 2.75) is 63.8 Å². The Labute approximate surface area is 231 Å². The van der Waals surface area contributed by atoms with Crippen LogP contribution >= 0.6 is 0 Å². The van der Waals surface area contributed by atoms with Gasteiger partial charge in [0.05, 0.1) is 0 Å². The number of nitrogens with zero attached hydrogens (tertiary/aromatic N) is 3. The van der Waals surface area contributed by atoms with Crippen molar-refractivity contribution < 1.29 is 4.74 Å². The summed E-state index contributed by atoms with van der Waals surface area (Å²) in [5, 5.41) is 9.29. The Morgan fingerprint density at radius 2 is 1.31 bits per heavy atom. The lowest BCUT2D eigenvalue weighted by Crippen LogP contribution is -2.32. The molecule has 0 saturated carbocycles. The molecule has 0 radical (unpaired) electrons. The summed E-state index contributed by atoms with van der Waals surface area (Å²) >= 11 is 0. The highest BCUT2D eigenvalue weighted by Gasteiger charge is 2.41. The molecule has 1 atom stereocenters. The highest BCUT2D eigenvalue weighted by atomic mass is 16.5. The minimum absolute atomic E-state index is 0.149. The lowest BCUT2D eigenvalue weighted by atomic mass is 9.65. The molecule has 0 aliphatic carbocycles. The average molecular weight is 512 g/mol. The molecule has 1 aromatic heterocycles. The number of rotatable bonds is 9. The molecule has 4 heteroatoms. The van der Waals surface area contributed by atoms with Gasteiger partial charge < -0.3 is 4.74 Å². The number of unbranched alkanes of at least 4 members (excludes halogenated alkanes) is 2. The molecule has 0 spiro atoms. The second-order valence-corrected chi connectivity index (χ2v) is 10.3. The van der Waals surface area contributed by atoms with Crippen LogP contribution in [0, 0.1) is 17.9 Å². The maximum Gasteiger partial charge on any atom is 0.332 e. The number of nitriles is 1. The third kappa shape index (κ3) is 5.04. The van der Waals surface area contributed by atoms with E-state index < -0.39 is 6.04 Å². The summed E-state index contributed by atoms with van der Waals surface area (Å²) in [4.78, 5) is 7.64. The molecule has 1 aliphatic rings. The van der Waals surface area contributed by atoms with Crippen molar-refractivity contribution in [2.75, 3.05) is 0 Å². The van der Waals surface area contributed by atoms with E-state index in [9.17, 15) is 5.26 Å². The van der Waals surface area contributed by atoms with E-state index in [0.717, 1.165) is 72.3 Å². The topological polar surface area (TPSA) is 50.3 Å². The van der Waals surface area contributed by atoms with Crippen LogP contribution in [0.25, 0.3) is 27.1 Å². The van der Waals surface area contributed by atoms with E-state index >= 15 is 0 Å². The zero-order chi connectivity index (χ0) is 27.2. The first kappa shape index (κ1) is 26.2. The minimum Gasteiger partial charge on any atom is -0.457 e. The molecule has 0 bridgehead atoms. The second-order valence-electron chi connectivity index (χ2n) is 10.3. The highest BCUT2D eigenvalue weighted by Crippen LogP contribution is 2.54. The number of aromatic nitrogens is 1. The van der Waals surface area contributed by atoms with E-state index in [1.54, 1.807) is 0 Å². The van der Waals surface area contributed by atoms with Crippen molar-refractivity contribution in [3.63, 3.8) is 0 Å². The summed E-state index contributed by atoms with van der Waals surface area (Å²) in [6.45, 7) is 11.8. The molecule has 0 N–H and O–H groups in total. The van der Waals surface area contributed by atoms with E-state index in [1.807, 2.05) is 36.7 Å². The minimum atomic E-state index is -0.766. The van der Waals surface area contributed by atoms with Gasteiger partial charge in [-0.15, -0.1) is 0 Å². The van der Waals surface area contributed by atoms with Gasteiger partial charge in [0.1, 0.15) is 11.5 Å². The Morgan fingerprint density at radius 1 is 0.795 bits per heavy atom. The lowest BCUT2D eigenvalue weighted by molar-refractivity contribution is 0.343. The van der Waals surface area contributed by atoms with Crippen LogP contribution in [0.4, 0.5) is 0 Å². The van der Waals surface area contributed by atoms with Crippen molar-refractivity contribution in [1.82, 2.24) is 4.98 Å². The zero-order valence-corrected chi connectivity index (χ0v) is 22.7. The standard InChI is InChI=1S/C35H33N3O/c1-4-6-18-35(19-7-5-2)30-22-28(25-8-10-27(11-9-25)32(24-36)37-3)12-14-33(30)39-34-15-13-29(23-31(34)35)26-16-20-38-21-17-26/h8-17,20-23,32H,4-7,18-19H2,1-2H3. The molecule has 1 aliphatic heterocycles. The maximum atomic E-state index is 9.29. The summed E-state index contributed by atoms with van der Waals surface area (Å²) in [5.41, 5.74) is 7.63. The summed E-state index contributed by atoms with van der Waals surface area (Å²) in [7, 11) is 0. The third-order valence-electron chi connectivity index (χ3n) is 7.95. The quantitative estimate of drug-likeness (QED) is 0.210. The van der Waals surface area contributed by atoms with Gasteiger partial charge in [-0.1, -0.05) is 63.8 Å². The lowest BCUT2D eigenvalue weighted by Gasteiger charge is -2.41. The molecule has 0 saturated heterocycles. The smallest absolute Gasteiger partial charge is 0.332 e. The van der Waals surface area contributed by atoms with Crippen LogP contribution in [0.3, 0.4) is 0 Å². The first-order valence-electron chi connectivity index (χ1n) is 13.9. The number of hydrogen-bond acceptors (Lipinski definition) is 3. The summed E-state index contributed by atoms with van der Waals surface area (Å²) in [6, 6.07) is 26.4. The number of pyridine rings is 1. The Balaban J connectivity index is 1.65. The predicted octanol–water partition coefficient (Wildman–Crippen LogP) is 9.67. The Kier molecular flexibility index (Phi) is 7.76. The normalized spacial score (nSPS) is 13.7. The monoisotopic (exact) mass is 511 g/mol. The predicted molar refractivity (Wildman–Crippen MR) is 156 cm³/mol. The van der Waals surface area contributed by atoms with Crippen LogP contribution < -0.4 is 4.74 Å². The van der Waals surface area contributed by atoms with Crippen LogP contribution in [-0.4, -0.2) is 4.98 Å². The molecule has 0 amide bonds. The van der Waals surface area contributed by atoms with Crippen molar-refractivity contribution >= 4 is 0 Å². The van der Waals surface area contributed by atoms with Crippen LogP contribution in [-0.2, 0) is 5.41 Å². The molecular formula is C35H33N3O. The van der Waals surface area contributed by atoms with Gasteiger partial charge in [0.25, 0.3) is 0 Å². The molecule has 5 rings (SSSR count). The number of fused-ring (bicyclic) bond motifs is 2.